The first-order valence-electron chi connectivity index (χ1n) is 8.39. The van der Waals surface area contributed by atoms with E-state index < -0.39 is 0 Å². The predicted molar refractivity (Wildman–Crippen MR) is 85.1 cm³/mol. The van der Waals surface area contributed by atoms with Crippen LogP contribution in [0.15, 0.2) is 12.1 Å². The van der Waals surface area contributed by atoms with Crippen LogP contribution in [-0.2, 0) is 17.6 Å². The number of rotatable bonds is 1. The van der Waals surface area contributed by atoms with Crippen molar-refractivity contribution in [1.82, 2.24) is 4.90 Å². The lowest BCUT2D eigenvalue weighted by atomic mass is 9.95. The Bertz CT molecular complexity index is 653. The zero-order valence-electron chi connectivity index (χ0n) is 13.1. The van der Waals surface area contributed by atoms with E-state index >= 15 is 0 Å². The standard InChI is InChI=1S/C18H22N2O2/c1-12-3-2-7-19(11-12)18(22)15-9-13-4-5-16(21)20-8-6-14(10-15)17(13)20/h9-10,12H,2-8,11H2,1H3. The zero-order valence-corrected chi connectivity index (χ0v) is 13.1. The fourth-order valence-corrected chi connectivity index (χ4v) is 4.14. The van der Waals surface area contributed by atoms with Gasteiger partial charge in [0.25, 0.3) is 5.91 Å². The van der Waals surface area contributed by atoms with Crippen molar-refractivity contribution in [2.75, 3.05) is 24.5 Å². The third kappa shape index (κ3) is 2.13. The molecule has 22 heavy (non-hydrogen) atoms. The molecule has 3 aliphatic heterocycles. The van der Waals surface area contributed by atoms with Crippen LogP contribution in [0.25, 0.3) is 0 Å². The Balaban J connectivity index is 1.67. The number of carbonyl (C=O) groups excluding carboxylic acids is 2. The van der Waals surface area contributed by atoms with Gasteiger partial charge in [-0.25, -0.2) is 0 Å². The van der Waals surface area contributed by atoms with E-state index in [1.54, 1.807) is 0 Å². The highest BCUT2D eigenvalue weighted by Crippen LogP contribution is 2.37. The van der Waals surface area contributed by atoms with E-state index in [2.05, 4.69) is 6.92 Å². The molecule has 1 saturated heterocycles. The average Bonchev–Trinajstić information content (AvgIpc) is 2.95. The van der Waals surface area contributed by atoms with Crippen LogP contribution in [0.5, 0.6) is 0 Å². The van der Waals surface area contributed by atoms with Gasteiger partial charge in [0.15, 0.2) is 0 Å². The SMILES string of the molecule is CC1CCCN(C(=O)c2cc3c4c(c2)CCN4C(=O)CC3)C1. The van der Waals surface area contributed by atoms with Gasteiger partial charge in [0.05, 0.1) is 5.69 Å². The first-order valence-corrected chi connectivity index (χ1v) is 8.39. The largest absolute Gasteiger partial charge is 0.338 e. The normalized spacial score (nSPS) is 23.7. The number of anilines is 1. The first kappa shape index (κ1) is 13.8. The van der Waals surface area contributed by atoms with Gasteiger partial charge in [-0.15, -0.1) is 0 Å². The lowest BCUT2D eigenvalue weighted by Crippen LogP contribution is -2.39. The van der Waals surface area contributed by atoms with Crippen LogP contribution in [0.2, 0.25) is 0 Å². The summed E-state index contributed by atoms with van der Waals surface area (Å²) in [5.74, 6) is 0.995. The monoisotopic (exact) mass is 298 g/mol. The number of carbonyl (C=O) groups is 2. The van der Waals surface area contributed by atoms with Gasteiger partial charge >= 0.3 is 0 Å². The third-order valence-electron chi connectivity index (χ3n) is 5.24. The molecule has 0 saturated carbocycles. The second-order valence-electron chi connectivity index (χ2n) is 6.94. The van der Waals surface area contributed by atoms with E-state index in [4.69, 9.17) is 0 Å². The number of hydrogen-bond acceptors (Lipinski definition) is 2. The Labute approximate surface area is 131 Å². The van der Waals surface area contributed by atoms with Gasteiger partial charge in [0.1, 0.15) is 0 Å². The highest BCUT2D eigenvalue weighted by atomic mass is 16.2. The van der Waals surface area contributed by atoms with E-state index in [0.717, 1.165) is 50.1 Å². The highest BCUT2D eigenvalue weighted by Gasteiger charge is 2.32. The minimum absolute atomic E-state index is 0.168. The summed E-state index contributed by atoms with van der Waals surface area (Å²) in [4.78, 5) is 28.7. The molecule has 3 aliphatic rings. The highest BCUT2D eigenvalue weighted by molar-refractivity contribution is 6.01. The van der Waals surface area contributed by atoms with Crippen molar-refractivity contribution >= 4 is 17.5 Å². The van der Waals surface area contributed by atoms with E-state index in [-0.39, 0.29) is 11.8 Å². The molecule has 2 amide bonds. The second-order valence-corrected chi connectivity index (χ2v) is 6.94. The molecule has 0 aromatic heterocycles. The molecule has 0 aliphatic carbocycles. The lowest BCUT2D eigenvalue weighted by molar-refractivity contribution is -0.118. The summed E-state index contributed by atoms with van der Waals surface area (Å²) in [6, 6.07) is 4.06. The van der Waals surface area contributed by atoms with E-state index in [9.17, 15) is 9.59 Å². The molecule has 4 rings (SSSR count). The van der Waals surface area contributed by atoms with Crippen molar-refractivity contribution in [2.24, 2.45) is 5.92 Å². The van der Waals surface area contributed by atoms with Gasteiger partial charge in [0.2, 0.25) is 5.91 Å². The van der Waals surface area contributed by atoms with Gasteiger partial charge in [-0.3, -0.25) is 9.59 Å². The van der Waals surface area contributed by atoms with Crippen LogP contribution in [0.4, 0.5) is 5.69 Å². The Hall–Kier alpha value is -1.84. The van der Waals surface area contributed by atoms with Crippen LogP contribution in [0.3, 0.4) is 0 Å². The van der Waals surface area contributed by atoms with Crippen molar-refractivity contribution in [3.63, 3.8) is 0 Å². The van der Waals surface area contributed by atoms with Crippen molar-refractivity contribution in [1.29, 1.82) is 0 Å². The average molecular weight is 298 g/mol. The summed E-state index contributed by atoms with van der Waals surface area (Å²) in [6.45, 7) is 4.74. The first-order chi connectivity index (χ1) is 10.6. The Morgan fingerprint density at radius 1 is 1.14 bits per heavy atom. The molecule has 4 nitrogen and oxygen atoms in total. The van der Waals surface area contributed by atoms with Crippen LogP contribution in [0, 0.1) is 5.92 Å². The molecule has 1 fully saturated rings. The number of benzene rings is 1. The molecule has 1 atom stereocenters. The van der Waals surface area contributed by atoms with Crippen LogP contribution in [-0.4, -0.2) is 36.3 Å². The number of aryl methyl sites for hydroxylation is 1. The summed E-state index contributed by atoms with van der Waals surface area (Å²) in [5.41, 5.74) is 4.28. The van der Waals surface area contributed by atoms with Crippen LogP contribution < -0.4 is 4.90 Å². The Morgan fingerprint density at radius 2 is 1.91 bits per heavy atom. The summed E-state index contributed by atoms with van der Waals surface area (Å²) >= 11 is 0. The third-order valence-corrected chi connectivity index (χ3v) is 5.24. The Kier molecular flexibility index (Phi) is 3.21. The summed E-state index contributed by atoms with van der Waals surface area (Å²) in [6.07, 6.45) is 4.55. The number of nitrogens with zero attached hydrogens (tertiary/aromatic N) is 2. The topological polar surface area (TPSA) is 40.6 Å². The van der Waals surface area contributed by atoms with Gasteiger partial charge in [0, 0.05) is 31.6 Å². The molecule has 0 spiro atoms. The maximum atomic E-state index is 12.8. The number of likely N-dealkylation sites (tertiary alicyclic amines) is 1. The molecule has 3 heterocycles. The van der Waals surface area contributed by atoms with Gasteiger partial charge < -0.3 is 9.80 Å². The fraction of sp³-hybridized carbons (Fsp3) is 0.556. The summed E-state index contributed by atoms with van der Waals surface area (Å²) < 4.78 is 0. The molecule has 0 bridgehead atoms. The molecule has 1 aromatic carbocycles. The van der Waals surface area contributed by atoms with Crippen LogP contribution >= 0.6 is 0 Å². The number of amides is 2. The zero-order chi connectivity index (χ0) is 15.3. The fourth-order valence-electron chi connectivity index (χ4n) is 4.14. The smallest absolute Gasteiger partial charge is 0.253 e. The van der Waals surface area contributed by atoms with E-state index in [1.165, 1.54) is 17.5 Å². The quantitative estimate of drug-likeness (QED) is 0.799. The molecule has 1 unspecified atom stereocenters. The molecule has 0 N–H and O–H groups in total. The molecule has 116 valence electrons. The summed E-state index contributed by atoms with van der Waals surface area (Å²) in [7, 11) is 0. The minimum atomic E-state index is 0.168. The van der Waals surface area contributed by atoms with Gasteiger partial charge in [-0.05, 0) is 54.9 Å². The molecule has 4 heteroatoms. The van der Waals surface area contributed by atoms with Crippen molar-refractivity contribution in [3.8, 4) is 0 Å². The number of hydrogen-bond donors (Lipinski definition) is 0. The van der Waals surface area contributed by atoms with E-state index in [1.807, 2.05) is 21.9 Å². The van der Waals surface area contributed by atoms with Crippen molar-refractivity contribution in [2.45, 2.75) is 39.0 Å². The van der Waals surface area contributed by atoms with Crippen molar-refractivity contribution < 1.29 is 9.59 Å². The maximum Gasteiger partial charge on any atom is 0.253 e. The van der Waals surface area contributed by atoms with E-state index in [0.29, 0.717) is 12.3 Å². The molecular weight excluding hydrogens is 276 g/mol. The van der Waals surface area contributed by atoms with Crippen LogP contribution in [0.1, 0.15) is 47.7 Å². The van der Waals surface area contributed by atoms with Gasteiger partial charge in [-0.2, -0.15) is 0 Å². The molecular formula is C18H22N2O2. The number of piperidine rings is 1. The second kappa shape index (κ2) is 5.11. The maximum absolute atomic E-state index is 12.8. The molecule has 1 aromatic rings. The van der Waals surface area contributed by atoms with Gasteiger partial charge in [-0.1, -0.05) is 6.92 Å². The Morgan fingerprint density at radius 3 is 2.68 bits per heavy atom. The van der Waals surface area contributed by atoms with Crippen molar-refractivity contribution in [3.05, 3.63) is 28.8 Å². The lowest BCUT2D eigenvalue weighted by Gasteiger charge is -2.31. The molecule has 0 radical (unpaired) electrons. The summed E-state index contributed by atoms with van der Waals surface area (Å²) in [5, 5.41) is 0. The minimum Gasteiger partial charge on any atom is -0.338 e. The predicted octanol–water partition coefficient (Wildman–Crippen LogP) is 2.39.